The molecule has 5 aromatic heterocycles. The van der Waals surface area contributed by atoms with Gasteiger partial charge in [0.25, 0.3) is 11.6 Å². The van der Waals surface area contributed by atoms with E-state index in [1.54, 1.807) is 49.9 Å². The van der Waals surface area contributed by atoms with E-state index in [2.05, 4.69) is 30.2 Å². The second-order valence-corrected chi connectivity index (χ2v) is 7.94. The second kappa shape index (κ2) is 8.81. The van der Waals surface area contributed by atoms with Gasteiger partial charge in [0.2, 0.25) is 5.82 Å². The number of ether oxygens (including phenoxy) is 1. The standard InChI is InChI=1S/C24H20N6O4/c1-13(2)20-19-17(10-18(27-23(19)34-29-20)15-6-4-8-25-11-15)24(31)32-14(3)22-28-21(30-33-22)16-7-5-9-26-12-16/h4-14H,1-3H3/t14-/m1/s1. The van der Waals surface area contributed by atoms with Crippen molar-refractivity contribution in [3.05, 3.63) is 72.3 Å². The molecule has 0 saturated carbocycles. The van der Waals surface area contributed by atoms with Crippen molar-refractivity contribution in [2.24, 2.45) is 0 Å². The van der Waals surface area contributed by atoms with Crippen LogP contribution in [0.4, 0.5) is 0 Å². The van der Waals surface area contributed by atoms with Gasteiger partial charge in [0.05, 0.1) is 22.3 Å². The van der Waals surface area contributed by atoms with Gasteiger partial charge in [-0.3, -0.25) is 9.97 Å². The minimum absolute atomic E-state index is 0.00856. The highest BCUT2D eigenvalue weighted by atomic mass is 16.6. The third kappa shape index (κ3) is 4.01. The van der Waals surface area contributed by atoms with Crippen LogP contribution in [0.2, 0.25) is 0 Å². The van der Waals surface area contributed by atoms with Crippen LogP contribution in [0.3, 0.4) is 0 Å². The highest BCUT2D eigenvalue weighted by Gasteiger charge is 2.26. The zero-order chi connectivity index (χ0) is 23.7. The van der Waals surface area contributed by atoms with Crippen LogP contribution in [-0.4, -0.2) is 36.2 Å². The molecule has 0 fully saturated rings. The summed E-state index contributed by atoms with van der Waals surface area (Å²) in [6, 6.07) is 8.87. The first-order valence-corrected chi connectivity index (χ1v) is 10.7. The number of carbonyl (C=O) groups excluding carboxylic acids is 1. The number of carbonyl (C=O) groups is 1. The third-order valence-electron chi connectivity index (χ3n) is 5.19. The molecule has 5 heterocycles. The summed E-state index contributed by atoms with van der Waals surface area (Å²) < 4.78 is 16.5. The van der Waals surface area contributed by atoms with Gasteiger partial charge in [-0.2, -0.15) is 4.98 Å². The number of hydrogen-bond acceptors (Lipinski definition) is 10. The Balaban J connectivity index is 1.49. The lowest BCUT2D eigenvalue weighted by atomic mass is 10.0. The fourth-order valence-electron chi connectivity index (χ4n) is 3.48. The highest BCUT2D eigenvalue weighted by Crippen LogP contribution is 2.32. The van der Waals surface area contributed by atoms with E-state index in [1.165, 1.54) is 0 Å². The minimum atomic E-state index is -0.794. The lowest BCUT2D eigenvalue weighted by Gasteiger charge is -2.11. The summed E-state index contributed by atoms with van der Waals surface area (Å²) in [7, 11) is 0. The van der Waals surface area contributed by atoms with Crippen LogP contribution in [0, 0.1) is 0 Å². The SMILES string of the molecule is CC(C)c1noc2nc(-c3cccnc3)cc(C(=O)O[C@H](C)c3nc(-c4cccnc4)no3)c12. The molecule has 0 spiro atoms. The van der Waals surface area contributed by atoms with E-state index < -0.39 is 12.1 Å². The molecule has 0 bridgehead atoms. The molecule has 0 aromatic carbocycles. The maximum absolute atomic E-state index is 13.3. The zero-order valence-corrected chi connectivity index (χ0v) is 18.7. The molecule has 1 atom stereocenters. The van der Waals surface area contributed by atoms with Crippen LogP contribution in [0.15, 0.2) is 64.2 Å². The normalized spacial score (nSPS) is 12.2. The van der Waals surface area contributed by atoms with E-state index in [-0.39, 0.29) is 23.1 Å². The average molecular weight is 456 g/mol. The third-order valence-corrected chi connectivity index (χ3v) is 5.19. The molecule has 0 aliphatic heterocycles. The molecule has 0 amide bonds. The molecule has 34 heavy (non-hydrogen) atoms. The summed E-state index contributed by atoms with van der Waals surface area (Å²) in [4.78, 5) is 30.4. The van der Waals surface area contributed by atoms with E-state index >= 15 is 0 Å². The number of aromatic nitrogens is 6. The van der Waals surface area contributed by atoms with E-state index in [0.29, 0.717) is 28.2 Å². The molecule has 170 valence electrons. The van der Waals surface area contributed by atoms with E-state index in [1.807, 2.05) is 26.0 Å². The monoisotopic (exact) mass is 456 g/mol. The zero-order valence-electron chi connectivity index (χ0n) is 18.7. The fourth-order valence-corrected chi connectivity index (χ4v) is 3.48. The molecule has 0 aliphatic rings. The summed E-state index contributed by atoms with van der Waals surface area (Å²) in [5.74, 6) is -0.0535. The predicted molar refractivity (Wildman–Crippen MR) is 120 cm³/mol. The molecule has 10 nitrogen and oxygen atoms in total. The number of hydrogen-bond donors (Lipinski definition) is 0. The summed E-state index contributed by atoms with van der Waals surface area (Å²) in [5.41, 5.74) is 3.10. The van der Waals surface area contributed by atoms with Gasteiger partial charge in [-0.05, 0) is 43.2 Å². The van der Waals surface area contributed by atoms with E-state index in [9.17, 15) is 4.79 Å². The lowest BCUT2D eigenvalue weighted by molar-refractivity contribution is 0.0267. The van der Waals surface area contributed by atoms with Gasteiger partial charge < -0.3 is 13.8 Å². The lowest BCUT2D eigenvalue weighted by Crippen LogP contribution is -2.11. The topological polar surface area (TPSA) is 130 Å². The van der Waals surface area contributed by atoms with Gasteiger partial charge in [0.1, 0.15) is 0 Å². The van der Waals surface area contributed by atoms with Gasteiger partial charge >= 0.3 is 5.97 Å². The van der Waals surface area contributed by atoms with Crippen LogP contribution >= 0.6 is 0 Å². The molecule has 0 saturated heterocycles. The first kappa shape index (κ1) is 21.4. The van der Waals surface area contributed by atoms with Crippen molar-refractivity contribution in [3.63, 3.8) is 0 Å². The smallest absolute Gasteiger partial charge is 0.339 e. The van der Waals surface area contributed by atoms with Gasteiger partial charge in [-0.15, -0.1) is 0 Å². The van der Waals surface area contributed by atoms with Crippen LogP contribution in [0.25, 0.3) is 33.7 Å². The van der Waals surface area contributed by atoms with E-state index in [0.717, 1.165) is 5.56 Å². The Morgan fingerprint density at radius 2 is 1.68 bits per heavy atom. The van der Waals surface area contributed by atoms with Crippen LogP contribution in [0.1, 0.15) is 54.7 Å². The van der Waals surface area contributed by atoms with Crippen molar-refractivity contribution < 1.29 is 18.6 Å². The Hall–Kier alpha value is -4.47. The molecule has 0 aliphatic carbocycles. The van der Waals surface area contributed by atoms with Crippen molar-refractivity contribution in [1.29, 1.82) is 0 Å². The van der Waals surface area contributed by atoms with Crippen molar-refractivity contribution in [1.82, 2.24) is 30.2 Å². The van der Waals surface area contributed by atoms with Crippen molar-refractivity contribution in [3.8, 4) is 22.6 Å². The minimum Gasteiger partial charge on any atom is -0.449 e. The number of fused-ring (bicyclic) bond motifs is 1. The summed E-state index contributed by atoms with van der Waals surface area (Å²) >= 11 is 0. The molecular formula is C24H20N6O4. The Kier molecular flexibility index (Phi) is 5.54. The predicted octanol–water partition coefficient (Wildman–Crippen LogP) is 4.77. The Morgan fingerprint density at radius 1 is 0.941 bits per heavy atom. The highest BCUT2D eigenvalue weighted by molar-refractivity contribution is 6.04. The van der Waals surface area contributed by atoms with Crippen molar-refractivity contribution in [2.45, 2.75) is 32.8 Å². The molecule has 0 unspecified atom stereocenters. The first-order valence-electron chi connectivity index (χ1n) is 10.7. The number of pyridine rings is 3. The van der Waals surface area contributed by atoms with Gasteiger partial charge in [0, 0.05) is 35.9 Å². The van der Waals surface area contributed by atoms with Gasteiger partial charge in [-0.1, -0.05) is 24.2 Å². The van der Waals surface area contributed by atoms with Crippen LogP contribution in [0.5, 0.6) is 0 Å². The summed E-state index contributed by atoms with van der Waals surface area (Å²) in [5, 5.41) is 8.62. The molecule has 0 radical (unpaired) electrons. The molecule has 5 aromatic rings. The summed E-state index contributed by atoms with van der Waals surface area (Å²) in [6.45, 7) is 5.58. The van der Waals surface area contributed by atoms with Gasteiger partial charge in [0.15, 0.2) is 6.10 Å². The molecule has 5 rings (SSSR count). The molecule has 10 heteroatoms. The maximum Gasteiger partial charge on any atom is 0.339 e. The maximum atomic E-state index is 13.3. The number of rotatable bonds is 6. The average Bonchev–Trinajstić information content (AvgIpc) is 3.52. The summed E-state index contributed by atoms with van der Waals surface area (Å²) in [6.07, 6.45) is 5.80. The number of esters is 1. The van der Waals surface area contributed by atoms with Crippen molar-refractivity contribution >= 4 is 17.1 Å². The van der Waals surface area contributed by atoms with Crippen LogP contribution in [-0.2, 0) is 4.74 Å². The molecular weight excluding hydrogens is 436 g/mol. The fraction of sp³-hybridized carbons (Fsp3) is 0.208. The molecule has 0 N–H and O–H groups in total. The number of nitrogens with zero attached hydrogens (tertiary/aromatic N) is 6. The van der Waals surface area contributed by atoms with Crippen LogP contribution < -0.4 is 0 Å². The van der Waals surface area contributed by atoms with Crippen molar-refractivity contribution in [2.75, 3.05) is 0 Å². The van der Waals surface area contributed by atoms with E-state index in [4.69, 9.17) is 13.8 Å². The van der Waals surface area contributed by atoms with Gasteiger partial charge in [-0.25, -0.2) is 9.78 Å². The second-order valence-electron chi connectivity index (χ2n) is 7.94. The Morgan fingerprint density at radius 3 is 2.35 bits per heavy atom. The Labute approximate surface area is 194 Å². The Bertz CT molecular complexity index is 1450. The largest absolute Gasteiger partial charge is 0.449 e. The quantitative estimate of drug-likeness (QED) is 0.329. The first-order chi connectivity index (χ1) is 16.5.